The highest BCUT2D eigenvalue weighted by Crippen LogP contribution is 2.13. The minimum absolute atomic E-state index is 0.0166. The highest BCUT2D eigenvalue weighted by molar-refractivity contribution is 5.82. The molecule has 23 heavy (non-hydrogen) atoms. The molecule has 1 fully saturated rings. The van der Waals surface area contributed by atoms with Crippen LogP contribution in [0.2, 0.25) is 0 Å². The van der Waals surface area contributed by atoms with Crippen LogP contribution in [-0.2, 0) is 16.0 Å². The van der Waals surface area contributed by atoms with Gasteiger partial charge in [0.05, 0.1) is 17.6 Å². The molecule has 0 unspecified atom stereocenters. The van der Waals surface area contributed by atoms with Gasteiger partial charge in [-0.3, -0.25) is 9.69 Å². The molecular formula is C15H17FN4O3. The highest BCUT2D eigenvalue weighted by Gasteiger charge is 2.23. The number of fused-ring (bicyclic) bond motifs is 1. The number of imidazole rings is 1. The largest absolute Gasteiger partial charge is 0.448 e. The smallest absolute Gasteiger partial charge is 0.410 e. The number of benzene rings is 1. The molecule has 0 radical (unpaired) electrons. The second kappa shape index (κ2) is 6.64. The Bertz CT molecular complexity index is 731. The molecule has 2 amide bonds. The zero-order chi connectivity index (χ0) is 16.2. The van der Waals surface area contributed by atoms with E-state index < -0.39 is 6.09 Å². The molecule has 1 saturated heterocycles. The number of nitrogens with one attached hydrogen (secondary N) is 2. The summed E-state index contributed by atoms with van der Waals surface area (Å²) >= 11 is 0. The first-order chi connectivity index (χ1) is 11.1. The van der Waals surface area contributed by atoms with Crippen molar-refractivity contribution in [3.63, 3.8) is 0 Å². The average Bonchev–Trinajstić information content (AvgIpc) is 3.09. The molecule has 1 aromatic carbocycles. The van der Waals surface area contributed by atoms with Crippen molar-refractivity contribution in [3.05, 3.63) is 29.8 Å². The Morgan fingerprint density at radius 1 is 1.48 bits per heavy atom. The average molecular weight is 320 g/mol. The number of carbonyl (C=O) groups excluding carboxylic acids is 2. The second-order valence-corrected chi connectivity index (χ2v) is 5.33. The molecule has 2 aromatic rings. The number of hydrogen-bond donors (Lipinski definition) is 2. The summed E-state index contributed by atoms with van der Waals surface area (Å²) in [4.78, 5) is 31.7. The van der Waals surface area contributed by atoms with Crippen LogP contribution >= 0.6 is 0 Å². The van der Waals surface area contributed by atoms with Crippen LogP contribution < -0.4 is 5.32 Å². The quantitative estimate of drug-likeness (QED) is 0.783. The van der Waals surface area contributed by atoms with E-state index in [2.05, 4.69) is 15.3 Å². The van der Waals surface area contributed by atoms with Crippen molar-refractivity contribution in [2.45, 2.75) is 12.8 Å². The van der Waals surface area contributed by atoms with Gasteiger partial charge in [-0.15, -0.1) is 0 Å². The van der Waals surface area contributed by atoms with E-state index in [0.717, 1.165) is 11.3 Å². The summed E-state index contributed by atoms with van der Waals surface area (Å²) < 4.78 is 17.9. The Morgan fingerprint density at radius 2 is 2.35 bits per heavy atom. The number of nitrogens with zero attached hydrogens (tertiary/aromatic N) is 2. The number of aryl methyl sites for hydroxylation is 1. The summed E-state index contributed by atoms with van der Waals surface area (Å²) in [7, 11) is 0. The Balaban J connectivity index is 1.42. The fraction of sp³-hybridized carbons (Fsp3) is 0.400. The molecule has 0 saturated carbocycles. The molecule has 8 heteroatoms. The number of cyclic esters (lactones) is 1. The summed E-state index contributed by atoms with van der Waals surface area (Å²) in [6.45, 7) is 1.27. The lowest BCUT2D eigenvalue weighted by atomic mass is 10.3. The van der Waals surface area contributed by atoms with E-state index in [-0.39, 0.29) is 18.3 Å². The van der Waals surface area contributed by atoms with E-state index in [9.17, 15) is 14.0 Å². The second-order valence-electron chi connectivity index (χ2n) is 5.33. The first-order valence-corrected chi connectivity index (χ1v) is 7.44. The highest BCUT2D eigenvalue weighted by atomic mass is 19.1. The molecule has 1 aliphatic rings. The van der Waals surface area contributed by atoms with E-state index in [1.807, 2.05) is 0 Å². The number of ether oxygens (including phenoxy) is 1. The Hall–Kier alpha value is -2.64. The van der Waals surface area contributed by atoms with Crippen LogP contribution in [0.3, 0.4) is 0 Å². The molecule has 122 valence electrons. The van der Waals surface area contributed by atoms with E-state index in [4.69, 9.17) is 4.74 Å². The Morgan fingerprint density at radius 3 is 3.13 bits per heavy atom. The van der Waals surface area contributed by atoms with Crippen LogP contribution in [0.1, 0.15) is 12.2 Å². The van der Waals surface area contributed by atoms with Crippen molar-refractivity contribution in [1.29, 1.82) is 0 Å². The molecule has 1 aliphatic heterocycles. The summed E-state index contributed by atoms with van der Waals surface area (Å²) in [6, 6.07) is 4.40. The number of hydrogen-bond acceptors (Lipinski definition) is 4. The number of amides is 2. The summed E-state index contributed by atoms with van der Waals surface area (Å²) in [5.41, 5.74) is 1.38. The topological polar surface area (TPSA) is 87.3 Å². The van der Waals surface area contributed by atoms with Crippen LogP contribution in [0.15, 0.2) is 18.2 Å². The normalized spacial score (nSPS) is 14.3. The van der Waals surface area contributed by atoms with Crippen molar-refractivity contribution >= 4 is 23.0 Å². The summed E-state index contributed by atoms with van der Waals surface area (Å²) in [6.07, 6.45) is 0.885. The standard InChI is InChI=1S/C15H17FN4O3/c16-10-3-4-11-12(8-10)19-13(18-11)2-1-5-17-14(21)9-20-6-7-23-15(20)22/h3-4,8H,1-2,5-7,9H2,(H,17,21)(H,18,19). The van der Waals surface area contributed by atoms with E-state index >= 15 is 0 Å². The van der Waals surface area contributed by atoms with Crippen molar-refractivity contribution in [1.82, 2.24) is 20.2 Å². The maximum Gasteiger partial charge on any atom is 0.410 e. The van der Waals surface area contributed by atoms with Gasteiger partial charge in [0.25, 0.3) is 0 Å². The third-order valence-electron chi connectivity index (χ3n) is 3.58. The van der Waals surface area contributed by atoms with Crippen LogP contribution in [0.5, 0.6) is 0 Å². The molecule has 3 rings (SSSR count). The van der Waals surface area contributed by atoms with Gasteiger partial charge in [-0.2, -0.15) is 0 Å². The first kappa shape index (κ1) is 15.3. The van der Waals surface area contributed by atoms with Crippen LogP contribution in [0.25, 0.3) is 11.0 Å². The van der Waals surface area contributed by atoms with Gasteiger partial charge in [0.1, 0.15) is 24.8 Å². The van der Waals surface area contributed by atoms with Gasteiger partial charge in [-0.05, 0) is 24.6 Å². The van der Waals surface area contributed by atoms with Gasteiger partial charge in [-0.25, -0.2) is 14.2 Å². The minimum atomic E-state index is -0.449. The van der Waals surface area contributed by atoms with Gasteiger partial charge in [0, 0.05) is 13.0 Å². The monoisotopic (exact) mass is 320 g/mol. The third kappa shape index (κ3) is 3.77. The predicted octanol–water partition coefficient (Wildman–Crippen LogP) is 1.20. The Labute approximate surface area is 131 Å². The third-order valence-corrected chi connectivity index (χ3v) is 3.58. The van der Waals surface area contributed by atoms with Gasteiger partial charge in [0.2, 0.25) is 5.91 Å². The first-order valence-electron chi connectivity index (χ1n) is 7.44. The molecular weight excluding hydrogens is 303 g/mol. The van der Waals surface area contributed by atoms with E-state index in [1.54, 1.807) is 6.07 Å². The van der Waals surface area contributed by atoms with Crippen LogP contribution in [0, 0.1) is 5.82 Å². The molecule has 0 atom stereocenters. The van der Waals surface area contributed by atoms with Crippen molar-refractivity contribution in [2.75, 3.05) is 26.2 Å². The molecule has 0 aliphatic carbocycles. The fourth-order valence-corrected chi connectivity index (χ4v) is 2.44. The van der Waals surface area contributed by atoms with Crippen molar-refractivity contribution in [2.24, 2.45) is 0 Å². The van der Waals surface area contributed by atoms with Gasteiger partial charge in [0.15, 0.2) is 0 Å². The number of rotatable bonds is 6. The molecule has 7 nitrogen and oxygen atoms in total. The number of carbonyl (C=O) groups is 2. The lowest BCUT2D eigenvalue weighted by Gasteiger charge is -2.11. The van der Waals surface area contributed by atoms with Crippen molar-refractivity contribution < 1.29 is 18.7 Å². The number of aromatic nitrogens is 2. The number of aromatic amines is 1. The van der Waals surface area contributed by atoms with Crippen molar-refractivity contribution in [3.8, 4) is 0 Å². The summed E-state index contributed by atoms with van der Waals surface area (Å²) in [5, 5.41) is 2.75. The maximum atomic E-state index is 13.1. The van der Waals surface area contributed by atoms with E-state index in [1.165, 1.54) is 17.0 Å². The number of halogens is 1. The van der Waals surface area contributed by atoms with E-state index in [0.29, 0.717) is 38.1 Å². The maximum absolute atomic E-state index is 13.1. The lowest BCUT2D eigenvalue weighted by molar-refractivity contribution is -0.121. The lowest BCUT2D eigenvalue weighted by Crippen LogP contribution is -2.38. The fourth-order valence-electron chi connectivity index (χ4n) is 2.44. The van der Waals surface area contributed by atoms with Gasteiger partial charge in [-0.1, -0.05) is 0 Å². The predicted molar refractivity (Wildman–Crippen MR) is 80.3 cm³/mol. The summed E-state index contributed by atoms with van der Waals surface area (Å²) in [5.74, 6) is 0.235. The molecule has 0 bridgehead atoms. The SMILES string of the molecule is O=C(CN1CCOC1=O)NCCCc1nc2ccc(F)cc2[nH]1. The van der Waals surface area contributed by atoms with Gasteiger partial charge < -0.3 is 15.0 Å². The van der Waals surface area contributed by atoms with Gasteiger partial charge >= 0.3 is 6.09 Å². The molecule has 2 N–H and O–H groups in total. The zero-order valence-corrected chi connectivity index (χ0v) is 12.5. The van der Waals surface area contributed by atoms with Crippen LogP contribution in [-0.4, -0.2) is 53.1 Å². The number of H-pyrrole nitrogens is 1. The zero-order valence-electron chi connectivity index (χ0n) is 12.5. The van der Waals surface area contributed by atoms with Crippen LogP contribution in [0.4, 0.5) is 9.18 Å². The molecule has 2 heterocycles. The molecule has 0 spiro atoms. The Kier molecular flexibility index (Phi) is 4.40. The minimum Gasteiger partial charge on any atom is -0.448 e. The molecule has 1 aromatic heterocycles.